The molecule has 1 saturated heterocycles. The summed E-state index contributed by atoms with van der Waals surface area (Å²) in [6.07, 6.45) is 1.33. The Morgan fingerprint density at radius 3 is 2.65 bits per heavy atom. The molecule has 0 bridgehead atoms. The molecule has 3 rings (SSSR count). The topological polar surface area (TPSA) is 116 Å². The monoisotopic (exact) mass is 342 g/mol. The summed E-state index contributed by atoms with van der Waals surface area (Å²) in [4.78, 5) is 34.7. The van der Waals surface area contributed by atoms with Crippen molar-refractivity contribution in [1.82, 2.24) is 10.2 Å². The smallest absolute Gasteiger partial charge is 0.406 e. The van der Waals surface area contributed by atoms with Gasteiger partial charge in [-0.3, -0.25) is 9.69 Å². The van der Waals surface area contributed by atoms with E-state index in [9.17, 15) is 19.5 Å². The molecule has 3 aliphatic rings. The minimum absolute atomic E-state index is 0.0652. The molecule has 3 unspecified atom stereocenters. The molecule has 0 aromatic carbocycles. The number of hydrogen-bond acceptors (Lipinski definition) is 5. The van der Waals surface area contributed by atoms with Gasteiger partial charge in [0.25, 0.3) is 5.91 Å². The first-order chi connectivity index (χ1) is 10.7. The number of rotatable bonds is 5. The Bertz CT molecular complexity index is 604. The Labute approximate surface area is 136 Å². The molecule has 0 spiro atoms. The SMILES string of the molecule is CC(OC1C(=O)N2C(C(=O)O)=CC(C)(NC(=O)O)S[C@H]12)C1CC1. The predicted octanol–water partition coefficient (Wildman–Crippen LogP) is 1.04. The van der Waals surface area contributed by atoms with Crippen LogP contribution in [0.4, 0.5) is 4.79 Å². The highest BCUT2D eigenvalue weighted by Crippen LogP contribution is 2.47. The van der Waals surface area contributed by atoms with Gasteiger partial charge in [0.05, 0.1) is 6.10 Å². The second kappa shape index (κ2) is 5.41. The highest BCUT2D eigenvalue weighted by molar-refractivity contribution is 8.01. The summed E-state index contributed by atoms with van der Waals surface area (Å²) >= 11 is 1.17. The summed E-state index contributed by atoms with van der Waals surface area (Å²) in [6, 6.07) is 0. The first-order valence-corrected chi connectivity index (χ1v) is 8.23. The molecule has 2 heterocycles. The highest BCUT2D eigenvalue weighted by Gasteiger charge is 2.58. The number of carbonyl (C=O) groups excluding carboxylic acids is 1. The van der Waals surface area contributed by atoms with Gasteiger partial charge in [0.15, 0.2) is 6.10 Å². The van der Waals surface area contributed by atoms with Crippen LogP contribution in [0.15, 0.2) is 11.8 Å². The zero-order valence-electron chi connectivity index (χ0n) is 12.7. The minimum atomic E-state index is -1.27. The maximum absolute atomic E-state index is 12.3. The molecule has 1 aliphatic carbocycles. The van der Waals surface area contributed by atoms with Crippen molar-refractivity contribution in [3.05, 3.63) is 11.8 Å². The van der Waals surface area contributed by atoms with Crippen molar-refractivity contribution in [2.75, 3.05) is 0 Å². The minimum Gasteiger partial charge on any atom is -0.477 e. The molecule has 9 heteroatoms. The number of carboxylic acids is 1. The van der Waals surface area contributed by atoms with Gasteiger partial charge in [-0.05, 0) is 38.7 Å². The van der Waals surface area contributed by atoms with E-state index in [0.717, 1.165) is 12.8 Å². The van der Waals surface area contributed by atoms with Gasteiger partial charge >= 0.3 is 12.1 Å². The van der Waals surface area contributed by atoms with E-state index < -0.39 is 28.4 Å². The van der Waals surface area contributed by atoms with Crippen LogP contribution in [0.5, 0.6) is 0 Å². The number of amides is 2. The van der Waals surface area contributed by atoms with Gasteiger partial charge in [-0.2, -0.15) is 0 Å². The van der Waals surface area contributed by atoms with E-state index in [-0.39, 0.29) is 17.7 Å². The fourth-order valence-corrected chi connectivity index (χ4v) is 4.35. The number of nitrogens with zero attached hydrogens (tertiary/aromatic N) is 1. The molecule has 4 atom stereocenters. The van der Waals surface area contributed by atoms with Crippen LogP contribution in [0, 0.1) is 5.92 Å². The van der Waals surface area contributed by atoms with Gasteiger partial charge in [0.1, 0.15) is 15.9 Å². The molecule has 2 fully saturated rings. The Hall–Kier alpha value is -1.74. The van der Waals surface area contributed by atoms with Crippen LogP contribution >= 0.6 is 11.8 Å². The number of carbonyl (C=O) groups is 3. The van der Waals surface area contributed by atoms with Crippen molar-refractivity contribution < 1.29 is 29.3 Å². The lowest BCUT2D eigenvalue weighted by atomic mass is 10.1. The predicted molar refractivity (Wildman–Crippen MR) is 80.6 cm³/mol. The molecule has 8 nitrogen and oxygen atoms in total. The van der Waals surface area contributed by atoms with E-state index in [2.05, 4.69) is 5.32 Å². The molecule has 126 valence electrons. The average Bonchev–Trinajstić information content (AvgIpc) is 3.26. The highest BCUT2D eigenvalue weighted by atomic mass is 32.2. The van der Waals surface area contributed by atoms with Crippen LogP contribution in [0.1, 0.15) is 26.7 Å². The van der Waals surface area contributed by atoms with Crippen LogP contribution in [-0.4, -0.2) is 55.5 Å². The number of fused-ring (bicyclic) bond motifs is 1. The summed E-state index contributed by atoms with van der Waals surface area (Å²) in [5, 5.41) is 20.0. The van der Waals surface area contributed by atoms with E-state index in [1.54, 1.807) is 6.92 Å². The lowest BCUT2D eigenvalue weighted by molar-refractivity contribution is -0.170. The number of aliphatic carboxylic acids is 1. The summed E-state index contributed by atoms with van der Waals surface area (Å²) in [6.45, 7) is 3.47. The van der Waals surface area contributed by atoms with Crippen LogP contribution in [0.2, 0.25) is 0 Å². The summed E-state index contributed by atoms with van der Waals surface area (Å²) < 4.78 is 5.81. The van der Waals surface area contributed by atoms with Gasteiger partial charge in [-0.25, -0.2) is 9.59 Å². The van der Waals surface area contributed by atoms with Gasteiger partial charge in [-0.15, -0.1) is 11.8 Å². The number of nitrogens with one attached hydrogen (secondary N) is 1. The average molecular weight is 342 g/mol. The number of thioether (sulfide) groups is 1. The van der Waals surface area contributed by atoms with Gasteiger partial charge in [0.2, 0.25) is 0 Å². The lowest BCUT2D eigenvalue weighted by Gasteiger charge is -2.52. The van der Waals surface area contributed by atoms with E-state index >= 15 is 0 Å². The molecule has 1 saturated carbocycles. The third-order valence-electron chi connectivity index (χ3n) is 4.25. The van der Waals surface area contributed by atoms with Crippen molar-refractivity contribution >= 4 is 29.7 Å². The standard InChI is InChI=1S/C14H18N2O6S/c1-6(7-3-4-7)22-9-10(17)16-8(12(18)19)5-14(2,15-13(20)21)23-11(9)16/h5-7,9,11,15H,3-4H2,1-2H3,(H,18,19)(H,20,21)/t6?,9?,11-,14?/m1/s1. The van der Waals surface area contributed by atoms with Gasteiger partial charge < -0.3 is 20.3 Å². The van der Waals surface area contributed by atoms with Gasteiger partial charge in [-0.1, -0.05) is 0 Å². The second-order valence-corrected chi connectivity index (χ2v) is 7.75. The fourth-order valence-electron chi connectivity index (χ4n) is 2.90. The quantitative estimate of drug-likeness (QED) is 0.639. The maximum Gasteiger partial charge on any atom is 0.406 e. The van der Waals surface area contributed by atoms with Crippen LogP contribution < -0.4 is 5.32 Å². The Morgan fingerprint density at radius 1 is 1.48 bits per heavy atom. The fraction of sp³-hybridized carbons (Fsp3) is 0.643. The van der Waals surface area contributed by atoms with Crippen molar-refractivity contribution in [3.63, 3.8) is 0 Å². The molecule has 0 aromatic rings. The number of hydrogen-bond donors (Lipinski definition) is 3. The van der Waals surface area contributed by atoms with E-state index in [0.29, 0.717) is 5.92 Å². The van der Waals surface area contributed by atoms with E-state index in [1.165, 1.54) is 22.7 Å². The third-order valence-corrected chi connectivity index (χ3v) is 5.66. The second-order valence-electron chi connectivity index (χ2n) is 6.19. The number of β-lactam (4-membered cyclic amide) rings is 1. The number of ether oxygens (including phenoxy) is 1. The van der Waals surface area contributed by atoms with Crippen LogP contribution in [0.25, 0.3) is 0 Å². The zero-order valence-corrected chi connectivity index (χ0v) is 13.5. The molecular formula is C14H18N2O6S. The van der Waals surface area contributed by atoms with E-state index in [4.69, 9.17) is 9.84 Å². The zero-order chi connectivity index (χ0) is 16.9. The first-order valence-electron chi connectivity index (χ1n) is 7.35. The molecule has 23 heavy (non-hydrogen) atoms. The van der Waals surface area contributed by atoms with Crippen molar-refractivity contribution in [1.29, 1.82) is 0 Å². The molecule has 3 N–H and O–H groups in total. The lowest BCUT2D eigenvalue weighted by Crippen LogP contribution is -2.68. The maximum atomic E-state index is 12.3. The molecule has 2 aliphatic heterocycles. The number of carboxylic acid groups (broad SMARTS) is 2. The van der Waals surface area contributed by atoms with Crippen molar-refractivity contribution in [2.45, 2.75) is 49.1 Å². The molecular weight excluding hydrogens is 324 g/mol. The Kier molecular flexibility index (Phi) is 3.80. The van der Waals surface area contributed by atoms with Crippen LogP contribution in [0.3, 0.4) is 0 Å². The largest absolute Gasteiger partial charge is 0.477 e. The summed E-state index contributed by atoms with van der Waals surface area (Å²) in [5.74, 6) is -1.21. The van der Waals surface area contributed by atoms with Crippen molar-refractivity contribution in [2.24, 2.45) is 5.92 Å². The first kappa shape index (κ1) is 16.1. The summed E-state index contributed by atoms with van der Waals surface area (Å²) in [5.41, 5.74) is -0.214. The summed E-state index contributed by atoms with van der Waals surface area (Å²) in [7, 11) is 0. The molecule has 2 amide bonds. The third kappa shape index (κ3) is 2.90. The van der Waals surface area contributed by atoms with Gasteiger partial charge in [0, 0.05) is 0 Å². The Balaban J connectivity index is 1.82. The molecule has 0 radical (unpaired) electrons. The van der Waals surface area contributed by atoms with Crippen LogP contribution in [-0.2, 0) is 14.3 Å². The normalized spacial score (nSPS) is 34.1. The molecule has 0 aromatic heterocycles. The van der Waals surface area contributed by atoms with E-state index in [1.807, 2.05) is 6.92 Å². The van der Waals surface area contributed by atoms with Crippen molar-refractivity contribution in [3.8, 4) is 0 Å². The Morgan fingerprint density at radius 2 is 2.13 bits per heavy atom.